The SMILES string of the molecule is CC.CCC(c1cccc(CC(C)(C)F)c1)C1(C)CCCCCC1.CCCCCC(C)CC. The van der Waals surface area contributed by atoms with Crippen LogP contribution >= 0.6 is 0 Å². The fourth-order valence-corrected chi connectivity index (χ4v) is 5.37. The fourth-order valence-electron chi connectivity index (χ4n) is 5.37. The van der Waals surface area contributed by atoms with E-state index in [1.807, 2.05) is 13.8 Å². The van der Waals surface area contributed by atoms with E-state index in [9.17, 15) is 4.39 Å². The molecule has 0 spiro atoms. The Labute approximate surface area is 208 Å². The summed E-state index contributed by atoms with van der Waals surface area (Å²) in [4.78, 5) is 0. The van der Waals surface area contributed by atoms with Gasteiger partial charge >= 0.3 is 0 Å². The van der Waals surface area contributed by atoms with Gasteiger partial charge in [-0.15, -0.1) is 0 Å². The molecular weight excluding hydrogens is 403 g/mol. The van der Waals surface area contributed by atoms with Crippen molar-refractivity contribution in [3.63, 3.8) is 0 Å². The molecule has 0 amide bonds. The van der Waals surface area contributed by atoms with Gasteiger partial charge in [-0.25, -0.2) is 4.39 Å². The maximum Gasteiger partial charge on any atom is 0.109 e. The summed E-state index contributed by atoms with van der Waals surface area (Å²) in [5.41, 5.74) is 1.84. The Morgan fingerprint density at radius 2 is 1.55 bits per heavy atom. The molecule has 194 valence electrons. The second-order valence-electron chi connectivity index (χ2n) is 11.2. The van der Waals surface area contributed by atoms with Crippen LogP contribution in [-0.2, 0) is 6.42 Å². The van der Waals surface area contributed by atoms with Gasteiger partial charge in [-0.2, -0.15) is 0 Å². The van der Waals surface area contributed by atoms with E-state index < -0.39 is 5.67 Å². The number of unbranched alkanes of at least 4 members (excludes halogenated alkanes) is 2. The standard InChI is InChI=1S/C21H33F.C9H20.C2H6/c1-5-19(21(4)13-8-6-7-9-14-21)18-12-10-11-17(15-18)16-20(2,3)22;1-4-6-7-8-9(3)5-2;1-2/h10-12,15,19H,5-9,13-14,16H2,1-4H3;9H,4-8H2,1-3H3;1-2H3. The summed E-state index contributed by atoms with van der Waals surface area (Å²) >= 11 is 0. The van der Waals surface area contributed by atoms with E-state index in [1.165, 1.54) is 82.6 Å². The minimum absolute atomic E-state index is 0.412. The van der Waals surface area contributed by atoms with Crippen LogP contribution in [0.15, 0.2) is 24.3 Å². The van der Waals surface area contributed by atoms with Crippen LogP contribution in [0.1, 0.15) is 156 Å². The van der Waals surface area contributed by atoms with Gasteiger partial charge in [0.15, 0.2) is 0 Å². The molecule has 1 saturated carbocycles. The first-order chi connectivity index (χ1) is 15.6. The van der Waals surface area contributed by atoms with E-state index in [0.29, 0.717) is 17.8 Å². The summed E-state index contributed by atoms with van der Waals surface area (Å²) in [6, 6.07) is 8.73. The van der Waals surface area contributed by atoms with Gasteiger partial charge in [-0.3, -0.25) is 0 Å². The molecule has 0 bridgehead atoms. The molecule has 2 atom stereocenters. The Hall–Kier alpha value is -0.850. The highest BCUT2D eigenvalue weighted by molar-refractivity contribution is 5.29. The molecule has 0 saturated heterocycles. The molecule has 33 heavy (non-hydrogen) atoms. The lowest BCUT2D eigenvalue weighted by Gasteiger charge is -2.37. The molecule has 0 heterocycles. The molecule has 0 aromatic heterocycles. The Balaban J connectivity index is 0.000000786. The third-order valence-electron chi connectivity index (χ3n) is 7.47. The van der Waals surface area contributed by atoms with Gasteiger partial charge in [0.1, 0.15) is 5.67 Å². The summed E-state index contributed by atoms with van der Waals surface area (Å²) in [5.74, 6) is 1.56. The number of halogens is 1. The minimum atomic E-state index is -1.13. The lowest BCUT2D eigenvalue weighted by molar-refractivity contribution is 0.208. The molecule has 0 N–H and O–H groups in total. The zero-order valence-corrected chi connectivity index (χ0v) is 24.0. The molecule has 1 fully saturated rings. The van der Waals surface area contributed by atoms with Crippen molar-refractivity contribution in [2.24, 2.45) is 11.3 Å². The largest absolute Gasteiger partial charge is 0.244 e. The van der Waals surface area contributed by atoms with Gasteiger partial charge in [0.25, 0.3) is 0 Å². The molecule has 2 rings (SSSR count). The van der Waals surface area contributed by atoms with Crippen LogP contribution in [0.4, 0.5) is 4.39 Å². The monoisotopic (exact) mass is 462 g/mol. The van der Waals surface area contributed by atoms with Crippen LogP contribution < -0.4 is 0 Å². The number of hydrogen-bond acceptors (Lipinski definition) is 0. The number of hydrogen-bond donors (Lipinski definition) is 0. The first kappa shape index (κ1) is 32.1. The van der Waals surface area contributed by atoms with E-state index in [4.69, 9.17) is 0 Å². The minimum Gasteiger partial charge on any atom is -0.244 e. The molecule has 0 aliphatic heterocycles. The van der Waals surface area contributed by atoms with Crippen LogP contribution in [0, 0.1) is 11.3 Å². The zero-order valence-electron chi connectivity index (χ0n) is 24.0. The number of benzene rings is 1. The summed E-state index contributed by atoms with van der Waals surface area (Å²) < 4.78 is 14.0. The average Bonchev–Trinajstić information content (AvgIpc) is 3.00. The Bertz CT molecular complexity index is 574. The van der Waals surface area contributed by atoms with Crippen molar-refractivity contribution >= 4 is 0 Å². The molecule has 1 aliphatic carbocycles. The maximum atomic E-state index is 14.0. The lowest BCUT2D eigenvalue weighted by Crippen LogP contribution is -2.25. The topological polar surface area (TPSA) is 0 Å². The molecule has 1 aliphatic rings. The van der Waals surface area contributed by atoms with E-state index >= 15 is 0 Å². The molecular formula is C32H59F. The van der Waals surface area contributed by atoms with E-state index in [1.54, 1.807) is 13.8 Å². The van der Waals surface area contributed by atoms with E-state index in [-0.39, 0.29) is 0 Å². The van der Waals surface area contributed by atoms with Gasteiger partial charge in [-0.05, 0) is 61.5 Å². The number of rotatable bonds is 10. The fraction of sp³-hybridized carbons (Fsp3) is 0.812. The Morgan fingerprint density at radius 1 is 0.939 bits per heavy atom. The molecule has 1 heteroatoms. The average molecular weight is 463 g/mol. The second-order valence-corrected chi connectivity index (χ2v) is 11.2. The zero-order chi connectivity index (χ0) is 25.3. The predicted octanol–water partition coefficient (Wildman–Crippen LogP) is 11.5. The van der Waals surface area contributed by atoms with Crippen LogP contribution in [0.3, 0.4) is 0 Å². The molecule has 2 unspecified atom stereocenters. The van der Waals surface area contributed by atoms with Crippen molar-refractivity contribution in [2.45, 2.75) is 157 Å². The summed E-state index contributed by atoms with van der Waals surface area (Å²) in [5, 5.41) is 0. The summed E-state index contributed by atoms with van der Waals surface area (Å²) in [6.07, 6.45) is 16.9. The summed E-state index contributed by atoms with van der Waals surface area (Å²) in [7, 11) is 0. The highest BCUT2D eigenvalue weighted by Crippen LogP contribution is 2.47. The third kappa shape index (κ3) is 13.6. The maximum absolute atomic E-state index is 14.0. The quantitative estimate of drug-likeness (QED) is 0.239. The van der Waals surface area contributed by atoms with Crippen LogP contribution in [0.5, 0.6) is 0 Å². The van der Waals surface area contributed by atoms with Crippen molar-refractivity contribution in [3.8, 4) is 0 Å². The van der Waals surface area contributed by atoms with Crippen LogP contribution in [-0.4, -0.2) is 5.67 Å². The van der Waals surface area contributed by atoms with E-state index in [2.05, 4.69) is 58.9 Å². The van der Waals surface area contributed by atoms with Crippen LogP contribution in [0.2, 0.25) is 0 Å². The van der Waals surface area contributed by atoms with Crippen molar-refractivity contribution in [2.75, 3.05) is 0 Å². The first-order valence-electron chi connectivity index (χ1n) is 14.4. The lowest BCUT2D eigenvalue weighted by atomic mass is 9.67. The molecule has 0 nitrogen and oxygen atoms in total. The first-order valence-corrected chi connectivity index (χ1v) is 14.4. The van der Waals surface area contributed by atoms with Gasteiger partial charge < -0.3 is 0 Å². The highest BCUT2D eigenvalue weighted by Gasteiger charge is 2.34. The smallest absolute Gasteiger partial charge is 0.109 e. The molecule has 0 radical (unpaired) electrons. The summed E-state index contributed by atoms with van der Waals surface area (Å²) in [6.45, 7) is 19.0. The highest BCUT2D eigenvalue weighted by atomic mass is 19.1. The van der Waals surface area contributed by atoms with Crippen molar-refractivity contribution in [1.29, 1.82) is 0 Å². The van der Waals surface area contributed by atoms with Gasteiger partial charge in [0, 0.05) is 6.42 Å². The molecule has 1 aromatic carbocycles. The third-order valence-corrected chi connectivity index (χ3v) is 7.47. The van der Waals surface area contributed by atoms with Gasteiger partial charge in [0.05, 0.1) is 0 Å². The molecule has 1 aromatic rings. The van der Waals surface area contributed by atoms with Crippen molar-refractivity contribution in [3.05, 3.63) is 35.4 Å². The van der Waals surface area contributed by atoms with Crippen molar-refractivity contribution < 1.29 is 4.39 Å². The van der Waals surface area contributed by atoms with E-state index in [0.717, 1.165) is 11.5 Å². The normalized spacial score (nSPS) is 17.5. The Kier molecular flexibility index (Phi) is 17.1. The Morgan fingerprint density at radius 3 is 2.03 bits per heavy atom. The second kappa shape index (κ2) is 17.6. The predicted molar refractivity (Wildman–Crippen MR) is 149 cm³/mol. The van der Waals surface area contributed by atoms with Gasteiger partial charge in [-0.1, -0.05) is 131 Å². The van der Waals surface area contributed by atoms with Crippen molar-refractivity contribution in [1.82, 2.24) is 0 Å². The van der Waals surface area contributed by atoms with Crippen LogP contribution in [0.25, 0.3) is 0 Å². The number of alkyl halides is 1. The van der Waals surface area contributed by atoms with Gasteiger partial charge in [0.2, 0.25) is 0 Å².